The van der Waals surface area contributed by atoms with E-state index in [2.05, 4.69) is 54.9 Å². The fourth-order valence-corrected chi connectivity index (χ4v) is 5.35. The van der Waals surface area contributed by atoms with Gasteiger partial charge in [0.05, 0.1) is 16.3 Å². The van der Waals surface area contributed by atoms with Crippen molar-refractivity contribution < 1.29 is 14.1 Å². The van der Waals surface area contributed by atoms with Crippen LogP contribution in [0.3, 0.4) is 0 Å². The summed E-state index contributed by atoms with van der Waals surface area (Å²) < 4.78 is 5.38. The number of carbonyl (C=O) groups is 2. The Balaban J connectivity index is 1.15. The quantitative estimate of drug-likeness (QED) is 0.460. The number of aromatic nitrogens is 3. The number of hydrogen-bond acceptors (Lipinski definition) is 9. The molecule has 2 N–H and O–H groups in total. The topological polar surface area (TPSA) is 113 Å². The van der Waals surface area contributed by atoms with Gasteiger partial charge in [-0.3, -0.25) is 14.9 Å². The lowest BCUT2D eigenvalue weighted by Gasteiger charge is -2.32. The van der Waals surface area contributed by atoms with Gasteiger partial charge in [-0.25, -0.2) is 9.97 Å². The van der Waals surface area contributed by atoms with Gasteiger partial charge in [0.15, 0.2) is 0 Å². The molecule has 186 valence electrons. The van der Waals surface area contributed by atoms with E-state index in [1.165, 1.54) is 11.1 Å². The third-order valence-corrected chi connectivity index (χ3v) is 7.36. The third kappa shape index (κ3) is 5.34. The molecule has 2 amide bonds. The minimum Gasteiger partial charge on any atom is -0.361 e. The summed E-state index contributed by atoms with van der Waals surface area (Å²) in [5.74, 6) is 1.68. The standard InChI is InChI=1S/C26H28N6O3S/c1-16-23(17(2)35-31-16)21-6-4-3-5-19(21)15-27-14-18-8-11-32(12-9-18)25-28-10-7-20(29-25)13-22-24(33)30-26(34)36-22/h3-7,10,13,18,27H,8-9,11-12,14-15H2,1-2H3,(H,30,33,34)/b22-13-. The van der Waals surface area contributed by atoms with Gasteiger partial charge in [0.1, 0.15) is 5.76 Å². The van der Waals surface area contributed by atoms with E-state index in [-0.39, 0.29) is 11.1 Å². The van der Waals surface area contributed by atoms with Gasteiger partial charge in [-0.1, -0.05) is 29.4 Å². The highest BCUT2D eigenvalue weighted by Crippen LogP contribution is 2.30. The molecule has 0 saturated carbocycles. The van der Waals surface area contributed by atoms with Crippen LogP contribution in [0.4, 0.5) is 10.7 Å². The van der Waals surface area contributed by atoms with Gasteiger partial charge < -0.3 is 14.7 Å². The van der Waals surface area contributed by atoms with Crippen molar-refractivity contribution in [3.05, 3.63) is 64.1 Å². The van der Waals surface area contributed by atoms with Crippen molar-refractivity contribution in [1.29, 1.82) is 0 Å². The van der Waals surface area contributed by atoms with Gasteiger partial charge in [-0.05, 0) is 74.2 Å². The van der Waals surface area contributed by atoms with Gasteiger partial charge in [-0.2, -0.15) is 0 Å². The van der Waals surface area contributed by atoms with Crippen LogP contribution in [0, 0.1) is 19.8 Å². The number of nitrogens with one attached hydrogen (secondary N) is 2. The smallest absolute Gasteiger partial charge is 0.290 e. The summed E-state index contributed by atoms with van der Waals surface area (Å²) in [5.41, 5.74) is 5.01. The van der Waals surface area contributed by atoms with Crippen molar-refractivity contribution in [1.82, 2.24) is 25.8 Å². The van der Waals surface area contributed by atoms with Crippen LogP contribution in [0.2, 0.25) is 0 Å². The summed E-state index contributed by atoms with van der Waals surface area (Å²) in [5, 5.41) is 9.66. The highest BCUT2D eigenvalue weighted by Gasteiger charge is 2.26. The molecule has 5 rings (SSSR count). The van der Waals surface area contributed by atoms with Gasteiger partial charge >= 0.3 is 0 Å². The Kier molecular flexibility index (Phi) is 7.15. The molecule has 2 fully saturated rings. The molecule has 2 aromatic heterocycles. The summed E-state index contributed by atoms with van der Waals surface area (Å²) in [6, 6.07) is 10.1. The Labute approximate surface area is 213 Å². The van der Waals surface area contributed by atoms with Crippen molar-refractivity contribution in [2.75, 3.05) is 24.5 Å². The molecule has 0 atom stereocenters. The van der Waals surface area contributed by atoms with Crippen LogP contribution >= 0.6 is 11.8 Å². The summed E-state index contributed by atoms with van der Waals surface area (Å²) in [6.45, 7) is 7.40. The Morgan fingerprint density at radius 3 is 2.72 bits per heavy atom. The number of piperidine rings is 1. The fraction of sp³-hybridized carbons (Fsp3) is 0.346. The molecule has 2 aliphatic rings. The number of nitrogens with zero attached hydrogens (tertiary/aromatic N) is 4. The van der Waals surface area contributed by atoms with Gasteiger partial charge in [0.2, 0.25) is 5.95 Å². The van der Waals surface area contributed by atoms with E-state index >= 15 is 0 Å². The number of anilines is 1. The monoisotopic (exact) mass is 504 g/mol. The molecule has 9 nitrogen and oxygen atoms in total. The maximum atomic E-state index is 11.8. The van der Waals surface area contributed by atoms with Gasteiger partial charge in [0, 0.05) is 31.4 Å². The van der Waals surface area contributed by atoms with Crippen molar-refractivity contribution in [3.8, 4) is 11.1 Å². The summed E-state index contributed by atoms with van der Waals surface area (Å²) in [4.78, 5) is 34.8. The lowest BCUT2D eigenvalue weighted by Crippen LogP contribution is -2.38. The van der Waals surface area contributed by atoms with Crippen molar-refractivity contribution in [3.63, 3.8) is 0 Å². The number of rotatable bonds is 7. The van der Waals surface area contributed by atoms with E-state index in [0.717, 1.165) is 67.8 Å². The predicted octanol–water partition coefficient (Wildman–Crippen LogP) is 4.08. The molecule has 0 aliphatic carbocycles. The maximum Gasteiger partial charge on any atom is 0.290 e. The SMILES string of the molecule is Cc1noc(C)c1-c1ccccc1CNCC1CCN(c2nccc(/C=C3\SC(=O)NC3=O)n2)CC1. The molecule has 2 aliphatic heterocycles. The summed E-state index contributed by atoms with van der Waals surface area (Å²) >= 11 is 0.890. The lowest BCUT2D eigenvalue weighted by atomic mass is 9.96. The predicted molar refractivity (Wildman–Crippen MR) is 139 cm³/mol. The molecule has 4 heterocycles. The van der Waals surface area contributed by atoms with Crippen molar-refractivity contribution in [2.45, 2.75) is 33.2 Å². The van der Waals surface area contributed by atoms with Crippen molar-refractivity contribution >= 4 is 34.9 Å². The van der Waals surface area contributed by atoms with Crippen molar-refractivity contribution in [2.24, 2.45) is 5.92 Å². The molecule has 1 aromatic carbocycles. The zero-order valence-electron chi connectivity index (χ0n) is 20.3. The Bertz CT molecular complexity index is 1290. The maximum absolute atomic E-state index is 11.8. The molecule has 0 unspecified atom stereocenters. The average molecular weight is 505 g/mol. The molecule has 3 aromatic rings. The molecule has 0 bridgehead atoms. The number of carbonyl (C=O) groups excluding carboxylic acids is 2. The molecule has 10 heteroatoms. The Morgan fingerprint density at radius 2 is 2.00 bits per heavy atom. The molecule has 36 heavy (non-hydrogen) atoms. The first-order chi connectivity index (χ1) is 17.5. The molecule has 0 radical (unpaired) electrons. The van der Waals surface area contributed by atoms with Crippen LogP contribution in [0.15, 0.2) is 46.0 Å². The first-order valence-corrected chi connectivity index (χ1v) is 12.8. The number of aryl methyl sites for hydroxylation is 2. The third-order valence-electron chi connectivity index (χ3n) is 6.55. The molecule has 2 saturated heterocycles. The van der Waals surface area contributed by atoms with E-state index < -0.39 is 0 Å². The van der Waals surface area contributed by atoms with E-state index in [4.69, 9.17) is 4.52 Å². The van der Waals surface area contributed by atoms with Gasteiger partial charge in [-0.15, -0.1) is 0 Å². The summed E-state index contributed by atoms with van der Waals surface area (Å²) in [7, 11) is 0. The number of amides is 2. The first-order valence-electron chi connectivity index (χ1n) is 12.0. The van der Waals surface area contributed by atoms with E-state index in [1.54, 1.807) is 18.3 Å². The first kappa shape index (κ1) is 24.2. The van der Waals surface area contributed by atoms with Crippen LogP contribution in [-0.2, 0) is 11.3 Å². The molecular formula is C26H28N6O3S. The fourth-order valence-electron chi connectivity index (χ4n) is 4.68. The van der Waals surface area contributed by atoms with Gasteiger partial charge in [0.25, 0.3) is 11.1 Å². The van der Waals surface area contributed by atoms with Crippen LogP contribution in [0.1, 0.15) is 35.6 Å². The number of thioether (sulfide) groups is 1. The lowest BCUT2D eigenvalue weighted by molar-refractivity contribution is -0.115. The highest BCUT2D eigenvalue weighted by atomic mass is 32.2. The second-order valence-corrected chi connectivity index (χ2v) is 10.1. The number of benzene rings is 1. The normalized spacial score (nSPS) is 17.7. The second kappa shape index (κ2) is 10.6. The molecule has 0 spiro atoms. The zero-order chi connectivity index (χ0) is 25.1. The van der Waals surface area contributed by atoms with E-state index in [1.807, 2.05) is 13.8 Å². The van der Waals surface area contributed by atoms with Crippen LogP contribution in [0.5, 0.6) is 0 Å². The zero-order valence-corrected chi connectivity index (χ0v) is 21.1. The van der Waals surface area contributed by atoms with Crippen LogP contribution in [-0.4, -0.2) is 45.9 Å². The Morgan fingerprint density at radius 1 is 1.19 bits per heavy atom. The second-order valence-electron chi connectivity index (χ2n) is 9.05. The highest BCUT2D eigenvalue weighted by molar-refractivity contribution is 8.18. The summed E-state index contributed by atoms with van der Waals surface area (Å²) in [6.07, 6.45) is 5.41. The van der Waals surface area contributed by atoms with E-state index in [9.17, 15) is 9.59 Å². The van der Waals surface area contributed by atoms with Crippen LogP contribution < -0.4 is 15.5 Å². The number of hydrogen-bond donors (Lipinski definition) is 2. The van der Waals surface area contributed by atoms with Crippen LogP contribution in [0.25, 0.3) is 17.2 Å². The Hall–Kier alpha value is -3.50. The largest absolute Gasteiger partial charge is 0.361 e. The minimum atomic E-state index is -0.382. The molecular weight excluding hydrogens is 476 g/mol. The average Bonchev–Trinajstić information content (AvgIpc) is 3.38. The van der Waals surface area contributed by atoms with E-state index in [0.29, 0.717) is 22.5 Å². The number of imide groups is 1. The minimum absolute atomic E-state index is 0.352.